The third kappa shape index (κ3) is 3.05. The van der Waals surface area contributed by atoms with Crippen molar-refractivity contribution < 1.29 is 9.59 Å². The van der Waals surface area contributed by atoms with Crippen molar-refractivity contribution in [2.24, 2.45) is 17.8 Å². The Bertz CT molecular complexity index is 647. The van der Waals surface area contributed by atoms with Crippen molar-refractivity contribution in [3.05, 3.63) is 48.0 Å². The van der Waals surface area contributed by atoms with Crippen LogP contribution in [0.25, 0.3) is 0 Å². The maximum Gasteiger partial charge on any atom is 0.233 e. The van der Waals surface area contributed by atoms with Crippen molar-refractivity contribution in [1.29, 1.82) is 0 Å². The molecule has 3 nitrogen and oxygen atoms in total. The summed E-state index contributed by atoms with van der Waals surface area (Å²) in [4.78, 5) is 26.9. The second kappa shape index (κ2) is 7.15. The molecule has 0 radical (unpaired) electrons. The first kappa shape index (κ1) is 16.6. The Morgan fingerprint density at radius 1 is 0.920 bits per heavy atom. The lowest BCUT2D eigenvalue weighted by Gasteiger charge is -2.46. The molecule has 4 aliphatic rings. The van der Waals surface area contributed by atoms with Crippen LogP contribution < -0.4 is 0 Å². The van der Waals surface area contributed by atoms with E-state index in [0.717, 1.165) is 44.9 Å². The molecule has 3 heteroatoms. The SMILES string of the molecule is O=CN(C(=O)C1C2C=CC(CC2)C1c1ccccc1)C1CCCCC1. The molecule has 25 heavy (non-hydrogen) atoms. The normalized spacial score (nSPS) is 31.7. The van der Waals surface area contributed by atoms with Gasteiger partial charge in [-0.1, -0.05) is 61.7 Å². The molecule has 2 saturated carbocycles. The van der Waals surface area contributed by atoms with Crippen LogP contribution in [0.5, 0.6) is 0 Å². The Labute approximate surface area is 150 Å². The van der Waals surface area contributed by atoms with Gasteiger partial charge in [0.25, 0.3) is 0 Å². The van der Waals surface area contributed by atoms with Crippen LogP contribution in [0.1, 0.15) is 56.4 Å². The quantitative estimate of drug-likeness (QED) is 0.607. The van der Waals surface area contributed by atoms with Gasteiger partial charge in [0.05, 0.1) is 5.92 Å². The van der Waals surface area contributed by atoms with Crippen LogP contribution >= 0.6 is 0 Å². The zero-order valence-electron chi connectivity index (χ0n) is 14.7. The Morgan fingerprint density at radius 2 is 1.60 bits per heavy atom. The van der Waals surface area contributed by atoms with Gasteiger partial charge in [0.1, 0.15) is 0 Å². The predicted octanol–water partition coefficient (Wildman–Crippen LogP) is 4.30. The number of benzene rings is 1. The van der Waals surface area contributed by atoms with Crippen molar-refractivity contribution in [2.45, 2.75) is 56.9 Å². The summed E-state index contributed by atoms with van der Waals surface area (Å²) in [5.74, 6) is 0.881. The fraction of sp³-hybridized carbons (Fsp3) is 0.545. The number of rotatable bonds is 4. The first-order valence-electron chi connectivity index (χ1n) is 9.80. The molecule has 4 aliphatic carbocycles. The fourth-order valence-electron chi connectivity index (χ4n) is 5.31. The first-order chi connectivity index (χ1) is 12.3. The van der Waals surface area contributed by atoms with Crippen LogP contribution in [-0.2, 0) is 9.59 Å². The van der Waals surface area contributed by atoms with Crippen molar-refractivity contribution >= 4 is 12.3 Å². The number of fused-ring (bicyclic) bond motifs is 2. The average molecular weight is 337 g/mol. The van der Waals surface area contributed by atoms with Crippen molar-refractivity contribution in [2.75, 3.05) is 0 Å². The molecule has 4 atom stereocenters. The maximum absolute atomic E-state index is 13.5. The summed E-state index contributed by atoms with van der Waals surface area (Å²) in [6.45, 7) is 0. The molecule has 4 unspecified atom stereocenters. The minimum absolute atomic E-state index is 0.0646. The minimum Gasteiger partial charge on any atom is -0.282 e. The van der Waals surface area contributed by atoms with Gasteiger partial charge in [0.15, 0.2) is 0 Å². The van der Waals surface area contributed by atoms with Gasteiger partial charge in [-0.2, -0.15) is 0 Å². The monoisotopic (exact) mass is 337 g/mol. The van der Waals surface area contributed by atoms with Gasteiger partial charge in [0, 0.05) is 12.0 Å². The molecule has 2 fully saturated rings. The van der Waals surface area contributed by atoms with E-state index in [1.807, 2.05) is 6.07 Å². The van der Waals surface area contributed by atoms with Crippen molar-refractivity contribution in [1.82, 2.24) is 4.90 Å². The van der Waals surface area contributed by atoms with Gasteiger partial charge >= 0.3 is 0 Å². The predicted molar refractivity (Wildman–Crippen MR) is 97.8 cm³/mol. The molecule has 0 saturated heterocycles. The maximum atomic E-state index is 13.5. The van der Waals surface area contributed by atoms with Gasteiger partial charge < -0.3 is 0 Å². The van der Waals surface area contributed by atoms with Crippen molar-refractivity contribution in [3.63, 3.8) is 0 Å². The topological polar surface area (TPSA) is 37.4 Å². The minimum atomic E-state index is -0.0849. The van der Waals surface area contributed by atoms with E-state index < -0.39 is 0 Å². The van der Waals surface area contributed by atoms with Gasteiger partial charge in [-0.3, -0.25) is 14.5 Å². The number of imide groups is 1. The number of allylic oxidation sites excluding steroid dienone is 2. The number of nitrogens with zero attached hydrogens (tertiary/aromatic N) is 1. The molecule has 5 rings (SSSR count). The van der Waals surface area contributed by atoms with Crippen LogP contribution in [0.2, 0.25) is 0 Å². The highest BCUT2D eigenvalue weighted by molar-refractivity contribution is 5.89. The summed E-state index contributed by atoms with van der Waals surface area (Å²) in [7, 11) is 0. The first-order valence-corrected chi connectivity index (χ1v) is 9.80. The lowest BCUT2D eigenvalue weighted by molar-refractivity contribution is -0.148. The second-order valence-corrected chi connectivity index (χ2v) is 7.89. The van der Waals surface area contributed by atoms with Crippen LogP contribution in [0, 0.1) is 17.8 Å². The van der Waals surface area contributed by atoms with Gasteiger partial charge in [-0.25, -0.2) is 0 Å². The highest BCUT2D eigenvalue weighted by Gasteiger charge is 2.47. The van der Waals surface area contributed by atoms with E-state index in [2.05, 4.69) is 36.4 Å². The Balaban J connectivity index is 1.64. The van der Waals surface area contributed by atoms with E-state index in [1.54, 1.807) is 4.90 Å². The third-order valence-electron chi connectivity index (χ3n) is 6.55. The summed E-state index contributed by atoms with van der Waals surface area (Å²) in [6.07, 6.45) is 13.0. The molecule has 1 aromatic rings. The zero-order chi connectivity index (χ0) is 17.2. The molecule has 0 N–H and O–H groups in total. The van der Waals surface area contributed by atoms with E-state index in [9.17, 15) is 9.59 Å². The van der Waals surface area contributed by atoms with E-state index in [-0.39, 0.29) is 29.7 Å². The van der Waals surface area contributed by atoms with Crippen LogP contribution in [0.4, 0.5) is 0 Å². The lowest BCUT2D eigenvalue weighted by atomic mass is 9.60. The summed E-state index contributed by atoms with van der Waals surface area (Å²) in [5, 5.41) is 0. The lowest BCUT2D eigenvalue weighted by Crippen LogP contribution is -2.50. The van der Waals surface area contributed by atoms with Crippen LogP contribution in [0.3, 0.4) is 0 Å². The molecule has 0 spiro atoms. The molecule has 132 valence electrons. The van der Waals surface area contributed by atoms with Gasteiger partial charge in [-0.05, 0) is 43.1 Å². The Kier molecular flexibility index (Phi) is 4.74. The van der Waals surface area contributed by atoms with E-state index in [4.69, 9.17) is 0 Å². The zero-order valence-corrected chi connectivity index (χ0v) is 14.7. The smallest absolute Gasteiger partial charge is 0.233 e. The number of carbonyl (C=O) groups excluding carboxylic acids is 2. The second-order valence-electron chi connectivity index (χ2n) is 7.89. The Morgan fingerprint density at radius 3 is 2.24 bits per heavy atom. The summed E-state index contributed by atoms with van der Waals surface area (Å²) in [5.41, 5.74) is 1.24. The van der Waals surface area contributed by atoms with Crippen LogP contribution in [-0.4, -0.2) is 23.3 Å². The number of hydrogen-bond donors (Lipinski definition) is 0. The summed E-state index contributed by atoms with van der Waals surface area (Å²) >= 11 is 0. The molecule has 0 aliphatic heterocycles. The van der Waals surface area contributed by atoms with Gasteiger partial charge in [0.2, 0.25) is 12.3 Å². The third-order valence-corrected chi connectivity index (χ3v) is 6.55. The van der Waals surface area contributed by atoms with Crippen molar-refractivity contribution in [3.8, 4) is 0 Å². The highest BCUT2D eigenvalue weighted by atomic mass is 16.2. The number of amides is 2. The standard InChI is InChI=1S/C22H27NO2/c24-15-23(19-9-5-2-6-10-19)22(25)21-18-13-11-17(12-14-18)20(21)16-7-3-1-4-8-16/h1,3-4,7-8,11,13,15,17-21H,2,5-6,9-10,12,14H2. The molecular weight excluding hydrogens is 310 g/mol. The number of hydrogen-bond acceptors (Lipinski definition) is 2. The summed E-state index contributed by atoms with van der Waals surface area (Å²) < 4.78 is 0. The molecule has 2 amide bonds. The largest absolute Gasteiger partial charge is 0.282 e. The van der Waals surface area contributed by atoms with E-state index in [1.165, 1.54) is 12.0 Å². The van der Waals surface area contributed by atoms with Gasteiger partial charge in [-0.15, -0.1) is 0 Å². The molecule has 0 heterocycles. The molecule has 2 bridgehead atoms. The molecule has 0 aromatic heterocycles. The average Bonchev–Trinajstić information content (AvgIpc) is 2.70. The van der Waals surface area contributed by atoms with E-state index in [0.29, 0.717) is 5.92 Å². The highest BCUT2D eigenvalue weighted by Crippen LogP contribution is 2.50. The Hall–Kier alpha value is -1.90. The fourth-order valence-corrected chi connectivity index (χ4v) is 5.31. The summed E-state index contributed by atoms with van der Waals surface area (Å²) in [6, 6.07) is 10.5. The molecular formula is C22H27NO2. The van der Waals surface area contributed by atoms with E-state index >= 15 is 0 Å². The molecule has 1 aromatic carbocycles. The number of carbonyl (C=O) groups is 2. The van der Waals surface area contributed by atoms with Crippen LogP contribution in [0.15, 0.2) is 42.5 Å².